The Kier molecular flexibility index (Phi) is 8.32. The fourth-order valence-corrected chi connectivity index (χ4v) is 5.00. The minimum absolute atomic E-state index is 0.0945. The van der Waals surface area contributed by atoms with Gasteiger partial charge in [0.05, 0.1) is 25.7 Å². The van der Waals surface area contributed by atoms with E-state index in [2.05, 4.69) is 23.9 Å². The molecule has 2 saturated heterocycles. The third-order valence-corrected chi connectivity index (χ3v) is 7.07. The molecule has 2 aliphatic rings. The van der Waals surface area contributed by atoms with Crippen molar-refractivity contribution in [2.45, 2.75) is 46.0 Å². The summed E-state index contributed by atoms with van der Waals surface area (Å²) in [6.45, 7) is 9.46. The Morgan fingerprint density at radius 3 is 2.68 bits per heavy atom. The highest BCUT2D eigenvalue weighted by Crippen LogP contribution is 2.36. The van der Waals surface area contributed by atoms with Gasteiger partial charge in [-0.05, 0) is 74.3 Å². The number of carbonyl (C=O) groups excluding carboxylic acids is 1. The molecule has 188 valence electrons. The van der Waals surface area contributed by atoms with Gasteiger partial charge < -0.3 is 28.4 Å². The van der Waals surface area contributed by atoms with Crippen molar-refractivity contribution in [1.29, 1.82) is 0 Å². The lowest BCUT2D eigenvalue weighted by atomic mass is 9.79. The molecule has 0 radical (unpaired) electrons. The highest BCUT2D eigenvalue weighted by molar-refractivity contribution is 5.88. The highest BCUT2D eigenvalue weighted by Gasteiger charge is 2.43. The van der Waals surface area contributed by atoms with Crippen LogP contribution in [0.15, 0.2) is 22.7 Å². The zero-order valence-electron chi connectivity index (χ0n) is 20.7. The fourth-order valence-electron chi connectivity index (χ4n) is 5.00. The Morgan fingerprint density at radius 2 is 1.97 bits per heavy atom. The van der Waals surface area contributed by atoms with Crippen LogP contribution in [-0.2, 0) is 14.3 Å². The van der Waals surface area contributed by atoms with Crippen molar-refractivity contribution in [1.82, 2.24) is 10.1 Å². The van der Waals surface area contributed by atoms with Gasteiger partial charge in [-0.15, -0.1) is 0 Å². The maximum atomic E-state index is 12.5. The van der Waals surface area contributed by atoms with Gasteiger partial charge in [-0.3, -0.25) is 4.79 Å². The molecule has 0 saturated carbocycles. The predicted octanol–water partition coefficient (Wildman–Crippen LogP) is 4.31. The summed E-state index contributed by atoms with van der Waals surface area (Å²) >= 11 is 0. The second-order valence-corrected chi connectivity index (χ2v) is 10.1. The minimum Gasteiger partial charge on any atom is -0.492 e. The quantitative estimate of drug-likeness (QED) is 0.471. The number of hydrogen-bond donors (Lipinski definition) is 0. The van der Waals surface area contributed by atoms with E-state index in [1.807, 2.05) is 18.2 Å². The number of ether oxygens (including phenoxy) is 4. The van der Waals surface area contributed by atoms with Crippen LogP contribution in [0.5, 0.6) is 11.6 Å². The summed E-state index contributed by atoms with van der Waals surface area (Å²) in [6, 6.07) is 5.72. The molecule has 0 N–H and O–H groups in total. The van der Waals surface area contributed by atoms with E-state index in [-0.39, 0.29) is 5.97 Å². The number of nitrogens with zero attached hydrogens (tertiary/aromatic N) is 2. The SMILES string of the molecule is COC(=O)C1(CN2CCC(CCOc3noc4cccc(OCC(C)C)c34)CC2)CCOCC1. The number of piperidine rings is 1. The molecule has 2 aromatic rings. The molecule has 0 aliphatic carbocycles. The molecule has 8 nitrogen and oxygen atoms in total. The van der Waals surface area contributed by atoms with Crippen molar-refractivity contribution in [3.05, 3.63) is 18.2 Å². The topological polar surface area (TPSA) is 83.3 Å². The van der Waals surface area contributed by atoms with Crippen LogP contribution in [0.3, 0.4) is 0 Å². The van der Waals surface area contributed by atoms with Gasteiger partial charge in [-0.1, -0.05) is 19.9 Å². The van der Waals surface area contributed by atoms with Gasteiger partial charge in [0.1, 0.15) is 11.1 Å². The van der Waals surface area contributed by atoms with Crippen molar-refractivity contribution < 1.29 is 28.3 Å². The summed E-state index contributed by atoms with van der Waals surface area (Å²) < 4.78 is 28.1. The first-order valence-corrected chi connectivity index (χ1v) is 12.5. The average Bonchev–Trinajstić information content (AvgIpc) is 3.27. The first-order chi connectivity index (χ1) is 16.5. The van der Waals surface area contributed by atoms with Crippen LogP contribution in [-0.4, -0.2) is 69.2 Å². The number of esters is 1. The molecule has 0 spiro atoms. The summed E-state index contributed by atoms with van der Waals surface area (Å²) in [5.74, 6) is 2.19. The molecule has 34 heavy (non-hydrogen) atoms. The average molecular weight is 475 g/mol. The number of rotatable bonds is 10. The minimum atomic E-state index is -0.424. The number of aromatic nitrogens is 1. The standard InChI is InChI=1S/C26H38N2O6/c1-19(2)17-33-21-5-4-6-22-23(21)24(27-34-22)32-14-9-20-7-12-28(13-8-20)18-26(25(29)30-3)10-15-31-16-11-26/h4-6,19-20H,7-18H2,1-3H3. The van der Waals surface area contributed by atoms with Gasteiger partial charge in [0.25, 0.3) is 5.88 Å². The molecule has 0 atom stereocenters. The molecular formula is C26H38N2O6. The van der Waals surface area contributed by atoms with E-state index in [1.54, 1.807) is 0 Å². The van der Waals surface area contributed by atoms with E-state index in [9.17, 15) is 4.79 Å². The van der Waals surface area contributed by atoms with Crippen molar-refractivity contribution in [3.8, 4) is 11.6 Å². The Balaban J connectivity index is 1.26. The Morgan fingerprint density at radius 1 is 1.21 bits per heavy atom. The monoisotopic (exact) mass is 474 g/mol. The summed E-state index contributed by atoms with van der Waals surface area (Å²) in [4.78, 5) is 14.9. The Bertz CT molecular complexity index is 929. The maximum Gasteiger partial charge on any atom is 0.313 e. The number of fused-ring (bicyclic) bond motifs is 1. The van der Waals surface area contributed by atoms with Crippen LogP contribution >= 0.6 is 0 Å². The lowest BCUT2D eigenvalue weighted by Gasteiger charge is -2.41. The largest absolute Gasteiger partial charge is 0.492 e. The number of benzene rings is 1. The zero-order valence-corrected chi connectivity index (χ0v) is 20.7. The maximum absolute atomic E-state index is 12.5. The summed E-state index contributed by atoms with van der Waals surface area (Å²) in [5, 5.41) is 4.94. The zero-order chi connectivity index (χ0) is 24.0. The van der Waals surface area contributed by atoms with E-state index in [4.69, 9.17) is 23.5 Å². The Labute approximate surface area is 201 Å². The Hall–Kier alpha value is -2.32. The van der Waals surface area contributed by atoms with Crippen molar-refractivity contribution in [3.63, 3.8) is 0 Å². The summed E-state index contributed by atoms with van der Waals surface area (Å²) in [7, 11) is 1.49. The molecule has 3 heterocycles. The van der Waals surface area contributed by atoms with Gasteiger partial charge in [0.2, 0.25) is 0 Å². The number of likely N-dealkylation sites (tertiary alicyclic amines) is 1. The first-order valence-electron chi connectivity index (χ1n) is 12.5. The van der Waals surface area contributed by atoms with E-state index >= 15 is 0 Å². The van der Waals surface area contributed by atoms with E-state index in [1.165, 1.54) is 7.11 Å². The van der Waals surface area contributed by atoms with E-state index in [0.29, 0.717) is 49.7 Å². The fraction of sp³-hybridized carbons (Fsp3) is 0.692. The van der Waals surface area contributed by atoms with Gasteiger partial charge >= 0.3 is 5.97 Å². The third kappa shape index (κ3) is 5.84. The molecule has 0 bridgehead atoms. The van der Waals surface area contributed by atoms with Crippen LogP contribution in [0, 0.1) is 17.3 Å². The van der Waals surface area contributed by atoms with Crippen molar-refractivity contribution in [2.75, 3.05) is 53.2 Å². The van der Waals surface area contributed by atoms with Gasteiger partial charge in [-0.25, -0.2) is 0 Å². The van der Waals surface area contributed by atoms with Crippen LogP contribution in [0.2, 0.25) is 0 Å². The van der Waals surface area contributed by atoms with Crippen LogP contribution in [0.25, 0.3) is 11.0 Å². The number of hydrogen-bond acceptors (Lipinski definition) is 8. The number of carbonyl (C=O) groups is 1. The normalized spacial score (nSPS) is 19.4. The second-order valence-electron chi connectivity index (χ2n) is 10.1. The molecule has 2 fully saturated rings. The van der Waals surface area contributed by atoms with Crippen LogP contribution < -0.4 is 9.47 Å². The summed E-state index contributed by atoms with van der Waals surface area (Å²) in [5.41, 5.74) is 0.254. The molecule has 1 aromatic carbocycles. The lowest BCUT2D eigenvalue weighted by molar-refractivity contribution is -0.160. The molecule has 1 aromatic heterocycles. The lowest BCUT2D eigenvalue weighted by Crippen LogP contribution is -2.49. The predicted molar refractivity (Wildman–Crippen MR) is 128 cm³/mol. The van der Waals surface area contributed by atoms with Crippen LogP contribution in [0.1, 0.15) is 46.0 Å². The number of methoxy groups -OCH3 is 1. The van der Waals surface area contributed by atoms with Gasteiger partial charge in [0.15, 0.2) is 5.58 Å². The molecule has 0 unspecified atom stereocenters. The van der Waals surface area contributed by atoms with Crippen LogP contribution in [0.4, 0.5) is 0 Å². The van der Waals surface area contributed by atoms with Crippen molar-refractivity contribution >= 4 is 16.9 Å². The van der Waals surface area contributed by atoms with Gasteiger partial charge in [0, 0.05) is 19.8 Å². The third-order valence-electron chi connectivity index (χ3n) is 7.07. The van der Waals surface area contributed by atoms with Crippen molar-refractivity contribution in [2.24, 2.45) is 17.3 Å². The van der Waals surface area contributed by atoms with Gasteiger partial charge in [-0.2, -0.15) is 0 Å². The highest BCUT2D eigenvalue weighted by atomic mass is 16.5. The molecule has 4 rings (SSSR count). The summed E-state index contributed by atoms with van der Waals surface area (Å²) in [6.07, 6.45) is 4.63. The smallest absolute Gasteiger partial charge is 0.313 e. The molecule has 0 amide bonds. The van der Waals surface area contributed by atoms with E-state index < -0.39 is 5.41 Å². The molecule has 8 heteroatoms. The van der Waals surface area contributed by atoms with E-state index in [0.717, 1.165) is 62.9 Å². The first kappa shape index (κ1) is 24.8. The second kappa shape index (κ2) is 11.4. The molecule has 2 aliphatic heterocycles. The molecular weight excluding hydrogens is 436 g/mol.